The lowest BCUT2D eigenvalue weighted by molar-refractivity contribution is 0.246. The van der Waals surface area contributed by atoms with E-state index in [-0.39, 0.29) is 11.6 Å². The summed E-state index contributed by atoms with van der Waals surface area (Å²) in [4.78, 5) is 26.3. The van der Waals surface area contributed by atoms with Gasteiger partial charge in [0, 0.05) is 16.3 Å². The van der Waals surface area contributed by atoms with Crippen LogP contribution in [0.4, 0.5) is 0 Å². The lowest BCUT2D eigenvalue weighted by Crippen LogP contribution is -2.25. The maximum Gasteiger partial charge on any atom is 0.259 e. The first-order chi connectivity index (χ1) is 12.4. The zero-order valence-corrected chi connectivity index (χ0v) is 17.5. The second kappa shape index (κ2) is 7.08. The summed E-state index contributed by atoms with van der Waals surface area (Å²) >= 11 is 9.32. The second-order valence-corrected chi connectivity index (χ2v) is 10.2. The van der Waals surface area contributed by atoms with Crippen LogP contribution in [0.15, 0.2) is 16.9 Å². The van der Waals surface area contributed by atoms with E-state index in [0.717, 1.165) is 46.2 Å². The van der Waals surface area contributed by atoms with Gasteiger partial charge in [-0.2, -0.15) is 0 Å². The van der Waals surface area contributed by atoms with E-state index in [4.69, 9.17) is 16.6 Å². The van der Waals surface area contributed by atoms with Gasteiger partial charge in [0.25, 0.3) is 5.56 Å². The van der Waals surface area contributed by atoms with Crippen molar-refractivity contribution in [2.24, 2.45) is 5.92 Å². The Morgan fingerprint density at radius 2 is 2.23 bits per heavy atom. The Labute approximate surface area is 165 Å². The molecule has 1 N–H and O–H groups in total. The van der Waals surface area contributed by atoms with E-state index in [1.54, 1.807) is 22.7 Å². The van der Waals surface area contributed by atoms with Crippen LogP contribution in [0.5, 0.6) is 0 Å². The largest absolute Gasteiger partial charge is 0.309 e. The Kier molecular flexibility index (Phi) is 4.94. The van der Waals surface area contributed by atoms with Crippen molar-refractivity contribution in [2.75, 3.05) is 7.05 Å². The van der Waals surface area contributed by atoms with Crippen LogP contribution in [0.2, 0.25) is 4.34 Å². The van der Waals surface area contributed by atoms with Crippen molar-refractivity contribution in [3.63, 3.8) is 0 Å². The maximum atomic E-state index is 12.8. The van der Waals surface area contributed by atoms with Gasteiger partial charge in [-0.3, -0.25) is 9.69 Å². The second-order valence-electron chi connectivity index (χ2n) is 7.28. The summed E-state index contributed by atoms with van der Waals surface area (Å²) in [6.07, 6.45) is 3.22. The van der Waals surface area contributed by atoms with E-state index in [2.05, 4.69) is 23.7 Å². The highest BCUT2D eigenvalue weighted by molar-refractivity contribution is 7.18. The fourth-order valence-corrected chi connectivity index (χ4v) is 6.13. The summed E-state index contributed by atoms with van der Waals surface area (Å²) in [7, 11) is 2.05. The zero-order valence-electron chi connectivity index (χ0n) is 15.1. The third-order valence-electron chi connectivity index (χ3n) is 5.27. The average molecular weight is 408 g/mol. The molecule has 138 valence electrons. The van der Waals surface area contributed by atoms with Crippen molar-refractivity contribution in [2.45, 2.75) is 45.7 Å². The van der Waals surface area contributed by atoms with Crippen molar-refractivity contribution < 1.29 is 0 Å². The van der Waals surface area contributed by atoms with E-state index in [9.17, 15) is 4.79 Å². The molecule has 0 saturated heterocycles. The van der Waals surface area contributed by atoms with Crippen LogP contribution in [0.25, 0.3) is 10.2 Å². The Hall–Kier alpha value is -1.21. The summed E-state index contributed by atoms with van der Waals surface area (Å²) in [5, 5.41) is 0.820. The van der Waals surface area contributed by atoms with Crippen molar-refractivity contribution >= 4 is 44.5 Å². The van der Waals surface area contributed by atoms with Gasteiger partial charge in [-0.25, -0.2) is 4.98 Å². The van der Waals surface area contributed by atoms with Crippen LogP contribution in [0.3, 0.4) is 0 Å². The SMILES string of the molecule is C[C@H]1CCc2c(sc3nc([C@H](C)N(C)Cc4ccc(Cl)s4)[nH]c(=O)c23)C1. The maximum absolute atomic E-state index is 12.8. The minimum atomic E-state index is 0.0106. The van der Waals surface area contributed by atoms with E-state index in [1.807, 2.05) is 19.2 Å². The average Bonchev–Trinajstić information content (AvgIpc) is 3.16. The third-order valence-corrected chi connectivity index (χ3v) is 7.64. The minimum absolute atomic E-state index is 0.0106. The molecular weight excluding hydrogens is 386 g/mol. The summed E-state index contributed by atoms with van der Waals surface area (Å²) < 4.78 is 0.799. The number of nitrogens with one attached hydrogen (secondary N) is 1. The van der Waals surface area contributed by atoms with Gasteiger partial charge >= 0.3 is 0 Å². The molecule has 0 fully saturated rings. The molecule has 0 saturated carbocycles. The normalized spacial score (nSPS) is 18.4. The number of hydrogen-bond acceptors (Lipinski definition) is 5. The summed E-state index contributed by atoms with van der Waals surface area (Å²) in [5.41, 5.74) is 1.24. The van der Waals surface area contributed by atoms with Gasteiger partial charge in [0.15, 0.2) is 0 Å². The first-order valence-electron chi connectivity index (χ1n) is 8.91. The Morgan fingerprint density at radius 1 is 1.42 bits per heavy atom. The van der Waals surface area contributed by atoms with Crippen molar-refractivity contribution in [1.82, 2.24) is 14.9 Å². The summed E-state index contributed by atoms with van der Waals surface area (Å²) in [6, 6.07) is 3.99. The minimum Gasteiger partial charge on any atom is -0.309 e. The smallest absolute Gasteiger partial charge is 0.259 e. The van der Waals surface area contributed by atoms with E-state index in [0.29, 0.717) is 5.92 Å². The van der Waals surface area contributed by atoms with Crippen LogP contribution in [0.1, 0.15) is 47.5 Å². The molecule has 3 aromatic rings. The molecule has 26 heavy (non-hydrogen) atoms. The highest BCUT2D eigenvalue weighted by atomic mass is 35.5. The molecule has 0 unspecified atom stereocenters. The summed E-state index contributed by atoms with van der Waals surface area (Å²) in [5.74, 6) is 1.43. The molecule has 0 spiro atoms. The quantitative estimate of drug-likeness (QED) is 0.660. The van der Waals surface area contributed by atoms with E-state index >= 15 is 0 Å². The van der Waals surface area contributed by atoms with Gasteiger partial charge < -0.3 is 4.98 Å². The molecule has 0 radical (unpaired) electrons. The molecule has 7 heteroatoms. The zero-order chi connectivity index (χ0) is 18.4. The van der Waals surface area contributed by atoms with Crippen molar-refractivity contribution in [3.8, 4) is 0 Å². The number of H-pyrrole nitrogens is 1. The van der Waals surface area contributed by atoms with Gasteiger partial charge in [0.1, 0.15) is 10.7 Å². The van der Waals surface area contributed by atoms with Gasteiger partial charge in [-0.1, -0.05) is 18.5 Å². The lowest BCUT2D eigenvalue weighted by atomic mass is 9.89. The number of hydrogen-bond donors (Lipinski definition) is 1. The standard InChI is InChI=1S/C19H22ClN3OS2/c1-10-4-6-13-14(8-10)26-19-16(13)18(24)21-17(22-19)11(2)23(3)9-12-5-7-15(20)25-12/h5,7,10-11H,4,6,8-9H2,1-3H3,(H,21,22,24)/t10-,11-/m0/s1. The van der Waals surface area contributed by atoms with Gasteiger partial charge in [0.05, 0.1) is 15.8 Å². The molecule has 1 aliphatic carbocycles. The van der Waals surface area contributed by atoms with Crippen LogP contribution in [-0.2, 0) is 19.4 Å². The molecule has 0 aliphatic heterocycles. The lowest BCUT2D eigenvalue weighted by Gasteiger charge is -2.23. The van der Waals surface area contributed by atoms with Gasteiger partial charge in [-0.15, -0.1) is 22.7 Å². The molecule has 3 aromatic heterocycles. The van der Waals surface area contributed by atoms with E-state index < -0.39 is 0 Å². The highest BCUT2D eigenvalue weighted by Gasteiger charge is 2.24. The molecule has 4 rings (SSSR count). The predicted octanol–water partition coefficient (Wildman–Crippen LogP) is 5.02. The Bertz CT molecular complexity index is 1010. The fraction of sp³-hybridized carbons (Fsp3) is 0.474. The number of halogens is 1. The fourth-order valence-electron chi connectivity index (χ4n) is 3.59. The summed E-state index contributed by atoms with van der Waals surface area (Å²) in [6.45, 7) is 5.14. The van der Waals surface area contributed by atoms with Crippen molar-refractivity contribution in [3.05, 3.63) is 48.0 Å². The topological polar surface area (TPSA) is 49.0 Å². The third kappa shape index (κ3) is 3.36. The molecule has 0 bridgehead atoms. The van der Waals surface area contributed by atoms with Crippen molar-refractivity contribution in [1.29, 1.82) is 0 Å². The monoisotopic (exact) mass is 407 g/mol. The molecule has 4 nitrogen and oxygen atoms in total. The number of rotatable bonds is 4. The Balaban J connectivity index is 1.65. The first kappa shape index (κ1) is 18.2. The predicted molar refractivity (Wildman–Crippen MR) is 111 cm³/mol. The Morgan fingerprint density at radius 3 is 2.96 bits per heavy atom. The highest BCUT2D eigenvalue weighted by Crippen LogP contribution is 2.36. The number of aryl methyl sites for hydroxylation is 1. The molecule has 0 aromatic carbocycles. The molecule has 0 amide bonds. The molecule has 2 atom stereocenters. The van der Waals surface area contributed by atoms with Crippen LogP contribution in [-0.4, -0.2) is 21.9 Å². The van der Waals surface area contributed by atoms with Gasteiger partial charge in [-0.05, 0) is 56.8 Å². The van der Waals surface area contributed by atoms with Crippen LogP contribution < -0.4 is 5.56 Å². The number of fused-ring (bicyclic) bond motifs is 3. The number of nitrogens with zero attached hydrogens (tertiary/aromatic N) is 2. The van der Waals surface area contributed by atoms with E-state index in [1.165, 1.54) is 15.3 Å². The molecule has 3 heterocycles. The molecular formula is C19H22ClN3OS2. The molecule has 1 aliphatic rings. The van der Waals surface area contributed by atoms with Crippen LogP contribution in [0, 0.1) is 5.92 Å². The first-order valence-corrected chi connectivity index (χ1v) is 10.9. The number of aromatic nitrogens is 2. The number of thiophene rings is 2. The van der Waals surface area contributed by atoms with Crippen LogP contribution >= 0.6 is 34.3 Å². The van der Waals surface area contributed by atoms with Gasteiger partial charge in [0.2, 0.25) is 0 Å². The number of aromatic amines is 1.